The second-order valence-corrected chi connectivity index (χ2v) is 4.34. The van der Waals surface area contributed by atoms with Crippen molar-refractivity contribution in [1.29, 1.82) is 0 Å². The highest BCUT2D eigenvalue weighted by molar-refractivity contribution is 7.17. The molecular formula is C13H9NS. The molecule has 2 heteroatoms. The lowest BCUT2D eigenvalue weighted by atomic mass is 10.1. The van der Waals surface area contributed by atoms with Crippen molar-refractivity contribution in [3.05, 3.63) is 54.0 Å². The first kappa shape index (κ1) is 8.62. The Hall–Kier alpha value is -1.67. The smallest absolute Gasteiger partial charge is 0.0709 e. The lowest BCUT2D eigenvalue weighted by Crippen LogP contribution is -1.81. The summed E-state index contributed by atoms with van der Waals surface area (Å²) in [6.45, 7) is 0. The number of thiophene rings is 1. The average molecular weight is 211 g/mol. The molecule has 0 saturated carbocycles. The van der Waals surface area contributed by atoms with Crippen LogP contribution < -0.4 is 0 Å². The first-order valence-corrected chi connectivity index (χ1v) is 5.70. The number of nitrogens with zero attached hydrogens (tertiary/aromatic N) is 1. The number of pyridine rings is 1. The maximum absolute atomic E-state index is 4.46. The van der Waals surface area contributed by atoms with Crippen molar-refractivity contribution in [3.63, 3.8) is 0 Å². The molecule has 1 nitrogen and oxygen atoms in total. The summed E-state index contributed by atoms with van der Waals surface area (Å²) >= 11 is 1.73. The van der Waals surface area contributed by atoms with E-state index in [0.717, 1.165) is 5.69 Å². The Morgan fingerprint density at radius 2 is 1.87 bits per heavy atom. The molecule has 0 amide bonds. The number of rotatable bonds is 1. The van der Waals surface area contributed by atoms with E-state index in [9.17, 15) is 0 Å². The highest BCUT2D eigenvalue weighted by atomic mass is 32.1. The molecule has 0 unspecified atom stereocenters. The molecule has 0 bridgehead atoms. The maximum Gasteiger partial charge on any atom is 0.0709 e. The van der Waals surface area contributed by atoms with Gasteiger partial charge in [-0.15, -0.1) is 11.3 Å². The van der Waals surface area contributed by atoms with Crippen LogP contribution in [0.25, 0.3) is 21.3 Å². The van der Waals surface area contributed by atoms with E-state index in [1.165, 1.54) is 15.6 Å². The van der Waals surface area contributed by atoms with Crippen LogP contribution in [0.15, 0.2) is 54.0 Å². The molecule has 0 aliphatic rings. The summed E-state index contributed by atoms with van der Waals surface area (Å²) in [6, 6.07) is 14.5. The van der Waals surface area contributed by atoms with Crippen molar-refractivity contribution in [1.82, 2.24) is 4.98 Å². The maximum atomic E-state index is 4.46. The van der Waals surface area contributed by atoms with Gasteiger partial charge in [0, 0.05) is 11.8 Å². The lowest BCUT2D eigenvalue weighted by molar-refractivity contribution is 1.36. The molecule has 0 aliphatic heterocycles. The van der Waals surface area contributed by atoms with Gasteiger partial charge in [-0.2, -0.15) is 0 Å². The summed E-state index contributed by atoms with van der Waals surface area (Å²) < 4.78 is 1.25. The van der Waals surface area contributed by atoms with Gasteiger partial charge in [0.1, 0.15) is 0 Å². The van der Waals surface area contributed by atoms with Crippen LogP contribution in [0.3, 0.4) is 0 Å². The average Bonchev–Trinajstić information content (AvgIpc) is 2.77. The van der Waals surface area contributed by atoms with Gasteiger partial charge < -0.3 is 0 Å². The summed E-state index contributed by atoms with van der Waals surface area (Å²) in [6.07, 6.45) is 1.95. The van der Waals surface area contributed by atoms with Crippen molar-refractivity contribution in [2.24, 2.45) is 0 Å². The topological polar surface area (TPSA) is 12.9 Å². The minimum Gasteiger partial charge on any atom is -0.255 e. The molecule has 3 aromatic rings. The van der Waals surface area contributed by atoms with Crippen molar-refractivity contribution in [2.75, 3.05) is 0 Å². The van der Waals surface area contributed by atoms with E-state index in [-0.39, 0.29) is 0 Å². The molecule has 0 N–H and O–H groups in total. The molecule has 0 radical (unpaired) electrons. The van der Waals surface area contributed by atoms with E-state index < -0.39 is 0 Å². The highest BCUT2D eigenvalue weighted by Crippen LogP contribution is 2.24. The van der Waals surface area contributed by atoms with Crippen LogP contribution in [0, 0.1) is 0 Å². The van der Waals surface area contributed by atoms with Crippen LogP contribution in [-0.4, -0.2) is 4.98 Å². The zero-order valence-electron chi connectivity index (χ0n) is 8.05. The van der Waals surface area contributed by atoms with Gasteiger partial charge in [0.05, 0.1) is 10.4 Å². The Labute approximate surface area is 92.0 Å². The molecule has 72 valence electrons. The third-order valence-corrected chi connectivity index (χ3v) is 3.28. The molecule has 0 aliphatic carbocycles. The summed E-state index contributed by atoms with van der Waals surface area (Å²) in [4.78, 5) is 4.46. The van der Waals surface area contributed by atoms with Gasteiger partial charge in [-0.1, -0.05) is 30.3 Å². The van der Waals surface area contributed by atoms with Crippen molar-refractivity contribution in [3.8, 4) is 11.3 Å². The predicted octanol–water partition coefficient (Wildman–Crippen LogP) is 3.96. The quantitative estimate of drug-likeness (QED) is 0.593. The van der Waals surface area contributed by atoms with E-state index >= 15 is 0 Å². The van der Waals surface area contributed by atoms with Crippen molar-refractivity contribution < 1.29 is 0 Å². The summed E-state index contributed by atoms with van der Waals surface area (Å²) in [5, 5.41) is 3.37. The molecule has 3 rings (SSSR count). The third kappa shape index (κ3) is 1.53. The van der Waals surface area contributed by atoms with Gasteiger partial charge in [0.15, 0.2) is 0 Å². The first-order chi connectivity index (χ1) is 7.43. The second-order valence-electron chi connectivity index (χ2n) is 3.39. The third-order valence-electron chi connectivity index (χ3n) is 2.41. The van der Waals surface area contributed by atoms with E-state index in [0.29, 0.717) is 0 Å². The Morgan fingerprint density at radius 1 is 1.00 bits per heavy atom. The summed E-state index contributed by atoms with van der Waals surface area (Å²) in [7, 11) is 0. The summed E-state index contributed by atoms with van der Waals surface area (Å²) in [5.74, 6) is 0. The Balaban J connectivity index is 2.19. The summed E-state index contributed by atoms with van der Waals surface area (Å²) in [5.41, 5.74) is 2.21. The Kier molecular flexibility index (Phi) is 2.00. The van der Waals surface area contributed by atoms with Gasteiger partial charge in [0.25, 0.3) is 0 Å². The van der Waals surface area contributed by atoms with E-state index in [1.807, 2.05) is 24.4 Å². The normalized spacial score (nSPS) is 10.7. The standard InChI is InChI=1S/C13H9NS/c1-2-4-10(5-3-1)12-8-11-6-7-15-13(11)9-14-12/h1-9H. The largest absolute Gasteiger partial charge is 0.255 e. The van der Waals surface area contributed by atoms with Crippen molar-refractivity contribution >= 4 is 21.4 Å². The molecule has 15 heavy (non-hydrogen) atoms. The van der Waals surface area contributed by atoms with Crippen molar-refractivity contribution in [2.45, 2.75) is 0 Å². The second kappa shape index (κ2) is 3.48. The fourth-order valence-corrected chi connectivity index (χ4v) is 2.37. The molecular weight excluding hydrogens is 202 g/mol. The van der Waals surface area contributed by atoms with E-state index in [1.54, 1.807) is 11.3 Å². The molecule has 0 atom stereocenters. The SMILES string of the molecule is c1ccc(-c2cc3ccsc3cn2)cc1. The number of hydrogen-bond donors (Lipinski definition) is 0. The van der Waals surface area contributed by atoms with Crippen LogP contribution in [0.1, 0.15) is 0 Å². The first-order valence-electron chi connectivity index (χ1n) is 4.82. The van der Waals surface area contributed by atoms with Gasteiger partial charge in [0.2, 0.25) is 0 Å². The lowest BCUT2D eigenvalue weighted by Gasteiger charge is -1.99. The predicted molar refractivity (Wildman–Crippen MR) is 65.1 cm³/mol. The number of fused-ring (bicyclic) bond motifs is 1. The molecule has 0 spiro atoms. The fourth-order valence-electron chi connectivity index (χ4n) is 1.63. The molecule has 1 aromatic carbocycles. The molecule has 0 fully saturated rings. The fraction of sp³-hybridized carbons (Fsp3) is 0. The molecule has 2 heterocycles. The van der Waals surface area contributed by atoms with Crippen LogP contribution in [0.5, 0.6) is 0 Å². The van der Waals surface area contributed by atoms with Crippen LogP contribution in [-0.2, 0) is 0 Å². The zero-order chi connectivity index (χ0) is 10.1. The highest BCUT2D eigenvalue weighted by Gasteiger charge is 2.00. The number of hydrogen-bond acceptors (Lipinski definition) is 2. The zero-order valence-corrected chi connectivity index (χ0v) is 8.87. The van der Waals surface area contributed by atoms with Crippen LogP contribution in [0.2, 0.25) is 0 Å². The van der Waals surface area contributed by atoms with Gasteiger partial charge in [-0.05, 0) is 22.9 Å². The van der Waals surface area contributed by atoms with Gasteiger partial charge >= 0.3 is 0 Å². The number of benzene rings is 1. The van der Waals surface area contributed by atoms with E-state index in [2.05, 4.69) is 34.6 Å². The Bertz CT molecular complexity index is 584. The molecule has 0 saturated heterocycles. The molecule has 2 aromatic heterocycles. The van der Waals surface area contributed by atoms with Crippen LogP contribution >= 0.6 is 11.3 Å². The minimum absolute atomic E-state index is 1.04. The van der Waals surface area contributed by atoms with Gasteiger partial charge in [-0.25, -0.2) is 0 Å². The van der Waals surface area contributed by atoms with Crippen LogP contribution in [0.4, 0.5) is 0 Å². The number of aromatic nitrogens is 1. The minimum atomic E-state index is 1.04. The van der Waals surface area contributed by atoms with Gasteiger partial charge in [-0.3, -0.25) is 4.98 Å². The monoisotopic (exact) mass is 211 g/mol. The Morgan fingerprint density at radius 3 is 2.73 bits per heavy atom. The van der Waals surface area contributed by atoms with E-state index in [4.69, 9.17) is 0 Å².